The van der Waals surface area contributed by atoms with Crippen molar-refractivity contribution in [3.8, 4) is 11.5 Å². The second-order valence-corrected chi connectivity index (χ2v) is 9.48. The average Bonchev–Trinajstić information content (AvgIpc) is 2.96. The summed E-state index contributed by atoms with van der Waals surface area (Å²) < 4.78 is 42.6. The fraction of sp³-hybridized carbons (Fsp3) is 0.0741. The van der Waals surface area contributed by atoms with Crippen molar-refractivity contribution in [1.82, 2.24) is 0 Å². The molecule has 4 rings (SSSR count). The van der Waals surface area contributed by atoms with Crippen LogP contribution in [-0.4, -0.2) is 33.2 Å². The summed E-state index contributed by atoms with van der Waals surface area (Å²) in [6.45, 7) is 0. The first-order chi connectivity index (χ1) is 19.2. The number of benzene rings is 4. The highest BCUT2D eigenvalue weighted by molar-refractivity contribution is 7.85. The zero-order chi connectivity index (χ0) is 28.5. The van der Waals surface area contributed by atoms with E-state index in [-0.39, 0.29) is 10.6 Å². The molecule has 0 bridgehead atoms. The fourth-order valence-corrected chi connectivity index (χ4v) is 3.92. The molecule has 40 heavy (non-hydrogen) atoms. The molecule has 0 spiro atoms. The lowest BCUT2D eigenvalue weighted by atomic mass is 10.2. The van der Waals surface area contributed by atoms with Crippen LogP contribution in [0, 0.1) is 0 Å². The maximum absolute atomic E-state index is 12.7. The SMILES string of the molecule is COc1cc(N=Nc2ccccc2)ccc1NC(=O)Nc1ccc(N=Nc2cccc(S(=O)(=O)O)c2)cc1OC. The van der Waals surface area contributed by atoms with Crippen LogP contribution in [0.25, 0.3) is 0 Å². The highest BCUT2D eigenvalue weighted by Gasteiger charge is 2.13. The summed E-state index contributed by atoms with van der Waals surface area (Å²) in [7, 11) is -1.45. The van der Waals surface area contributed by atoms with Gasteiger partial charge in [-0.3, -0.25) is 4.55 Å². The molecule has 3 N–H and O–H groups in total. The zero-order valence-corrected chi connectivity index (χ0v) is 22.2. The summed E-state index contributed by atoms with van der Waals surface area (Å²) in [5.74, 6) is 0.697. The van der Waals surface area contributed by atoms with Crippen molar-refractivity contribution in [3.63, 3.8) is 0 Å². The number of amides is 2. The highest BCUT2D eigenvalue weighted by Crippen LogP contribution is 2.33. The number of nitrogens with one attached hydrogen (secondary N) is 2. The van der Waals surface area contributed by atoms with Crippen molar-refractivity contribution in [2.45, 2.75) is 4.90 Å². The van der Waals surface area contributed by atoms with Crippen LogP contribution < -0.4 is 20.1 Å². The Kier molecular flexibility index (Phi) is 8.79. The number of urea groups is 1. The van der Waals surface area contributed by atoms with E-state index >= 15 is 0 Å². The van der Waals surface area contributed by atoms with Crippen molar-refractivity contribution in [1.29, 1.82) is 0 Å². The van der Waals surface area contributed by atoms with Crippen molar-refractivity contribution >= 4 is 50.3 Å². The molecule has 0 unspecified atom stereocenters. The third kappa shape index (κ3) is 7.46. The predicted molar refractivity (Wildman–Crippen MR) is 150 cm³/mol. The number of nitrogens with zero attached hydrogens (tertiary/aromatic N) is 4. The minimum Gasteiger partial charge on any atom is -0.494 e. The Morgan fingerprint density at radius 1 is 0.650 bits per heavy atom. The van der Waals surface area contributed by atoms with Crippen LogP contribution >= 0.6 is 0 Å². The Bertz CT molecular complexity index is 1680. The molecular formula is C27H24N6O6S. The third-order valence-corrected chi connectivity index (χ3v) is 6.15. The first kappa shape index (κ1) is 27.9. The molecule has 0 radical (unpaired) electrons. The van der Waals surface area contributed by atoms with Crippen LogP contribution in [0.2, 0.25) is 0 Å². The normalized spacial score (nSPS) is 11.5. The van der Waals surface area contributed by atoms with E-state index in [9.17, 15) is 17.8 Å². The lowest BCUT2D eigenvalue weighted by Crippen LogP contribution is -2.20. The quantitative estimate of drug-likeness (QED) is 0.142. The molecule has 0 aliphatic heterocycles. The number of hydrogen-bond acceptors (Lipinski definition) is 9. The fourth-order valence-electron chi connectivity index (χ4n) is 3.40. The van der Waals surface area contributed by atoms with Crippen molar-refractivity contribution in [3.05, 3.63) is 91.0 Å². The molecular weight excluding hydrogens is 536 g/mol. The van der Waals surface area contributed by atoms with Gasteiger partial charge < -0.3 is 20.1 Å². The van der Waals surface area contributed by atoms with Gasteiger partial charge in [-0.1, -0.05) is 24.3 Å². The molecule has 0 fully saturated rings. The topological polar surface area (TPSA) is 163 Å². The molecule has 2 amide bonds. The minimum atomic E-state index is -4.36. The molecule has 0 saturated carbocycles. The number of carbonyl (C=O) groups is 1. The van der Waals surface area contributed by atoms with E-state index in [1.807, 2.05) is 30.3 Å². The van der Waals surface area contributed by atoms with Gasteiger partial charge in [-0.05, 0) is 54.6 Å². The summed E-state index contributed by atoms with van der Waals surface area (Å²) in [6.07, 6.45) is 0. The highest BCUT2D eigenvalue weighted by atomic mass is 32.2. The smallest absolute Gasteiger partial charge is 0.323 e. The average molecular weight is 561 g/mol. The van der Waals surface area contributed by atoms with E-state index in [1.54, 1.807) is 36.4 Å². The standard InChI is InChI=1S/C27H24N6O6S/c1-38-25-16-20(32-30-18-7-4-3-5-8-18)11-13-23(25)28-27(34)29-24-14-12-21(17-26(24)39-2)33-31-19-9-6-10-22(15-19)40(35,36)37/h3-17H,1-2H3,(H2,28,29,34)(H,35,36,37). The van der Waals surface area contributed by atoms with Gasteiger partial charge in [0.25, 0.3) is 10.1 Å². The van der Waals surface area contributed by atoms with Crippen LogP contribution in [-0.2, 0) is 10.1 Å². The number of rotatable bonds is 9. The number of methoxy groups -OCH3 is 2. The van der Waals surface area contributed by atoms with Gasteiger partial charge in [-0.25, -0.2) is 4.79 Å². The molecule has 0 aliphatic carbocycles. The van der Waals surface area contributed by atoms with Gasteiger partial charge in [-0.2, -0.15) is 28.9 Å². The first-order valence-electron chi connectivity index (χ1n) is 11.7. The van der Waals surface area contributed by atoms with Crippen LogP contribution in [0.5, 0.6) is 11.5 Å². The van der Waals surface area contributed by atoms with Gasteiger partial charge in [-0.15, -0.1) is 0 Å². The zero-order valence-electron chi connectivity index (χ0n) is 21.3. The van der Waals surface area contributed by atoms with Gasteiger partial charge in [0, 0.05) is 12.1 Å². The van der Waals surface area contributed by atoms with Crippen LogP contribution in [0.15, 0.2) is 116 Å². The predicted octanol–water partition coefficient (Wildman–Crippen LogP) is 7.43. The van der Waals surface area contributed by atoms with E-state index in [2.05, 4.69) is 31.1 Å². The second-order valence-electron chi connectivity index (χ2n) is 8.06. The first-order valence-corrected chi connectivity index (χ1v) is 13.1. The Morgan fingerprint density at radius 2 is 1.12 bits per heavy atom. The van der Waals surface area contributed by atoms with Gasteiger partial charge in [0.2, 0.25) is 0 Å². The Hall–Kier alpha value is -5.14. The third-order valence-electron chi connectivity index (χ3n) is 5.30. The van der Waals surface area contributed by atoms with Crippen LogP contribution in [0.3, 0.4) is 0 Å². The Labute approximate surface area is 230 Å². The minimum absolute atomic E-state index is 0.220. The van der Waals surface area contributed by atoms with Gasteiger partial charge in [0.15, 0.2) is 0 Å². The Morgan fingerprint density at radius 3 is 1.62 bits per heavy atom. The van der Waals surface area contributed by atoms with E-state index in [1.165, 1.54) is 38.5 Å². The van der Waals surface area contributed by atoms with E-state index in [4.69, 9.17) is 9.47 Å². The van der Waals surface area contributed by atoms with E-state index < -0.39 is 16.1 Å². The van der Waals surface area contributed by atoms with Crippen molar-refractivity contribution in [2.24, 2.45) is 20.5 Å². The summed E-state index contributed by atoms with van der Waals surface area (Å²) in [4.78, 5) is 12.4. The van der Waals surface area contributed by atoms with Crippen LogP contribution in [0.4, 0.5) is 38.9 Å². The van der Waals surface area contributed by atoms with E-state index in [0.717, 1.165) is 0 Å². The van der Waals surface area contributed by atoms with Crippen LogP contribution in [0.1, 0.15) is 0 Å². The number of carbonyl (C=O) groups excluding carboxylic acids is 1. The number of ether oxygens (including phenoxy) is 2. The van der Waals surface area contributed by atoms with E-state index in [0.29, 0.717) is 39.9 Å². The van der Waals surface area contributed by atoms with Gasteiger partial charge in [0.05, 0.1) is 53.2 Å². The molecule has 13 heteroatoms. The summed E-state index contributed by atoms with van der Waals surface area (Å²) >= 11 is 0. The molecule has 204 valence electrons. The molecule has 0 aliphatic rings. The summed E-state index contributed by atoms with van der Waals surface area (Å²) in [6, 6.07) is 23.8. The van der Waals surface area contributed by atoms with Crippen molar-refractivity contribution in [2.75, 3.05) is 24.9 Å². The lowest BCUT2D eigenvalue weighted by molar-refractivity contribution is 0.262. The lowest BCUT2D eigenvalue weighted by Gasteiger charge is -2.13. The molecule has 0 saturated heterocycles. The maximum atomic E-state index is 12.7. The Balaban J connectivity index is 1.44. The number of azo groups is 2. The van der Waals surface area contributed by atoms with Gasteiger partial charge in [0.1, 0.15) is 11.5 Å². The largest absolute Gasteiger partial charge is 0.494 e. The molecule has 0 atom stereocenters. The number of anilines is 2. The molecule has 4 aromatic rings. The molecule has 4 aromatic carbocycles. The second kappa shape index (κ2) is 12.6. The monoisotopic (exact) mass is 560 g/mol. The van der Waals surface area contributed by atoms with Crippen molar-refractivity contribution < 1.29 is 27.2 Å². The molecule has 12 nitrogen and oxygen atoms in total. The molecule has 0 aromatic heterocycles. The van der Waals surface area contributed by atoms with Gasteiger partial charge >= 0.3 is 6.03 Å². The maximum Gasteiger partial charge on any atom is 0.323 e. The number of hydrogen-bond donors (Lipinski definition) is 3. The molecule has 0 heterocycles. The summed E-state index contributed by atoms with van der Waals surface area (Å²) in [5, 5.41) is 21.9. The summed E-state index contributed by atoms with van der Waals surface area (Å²) in [5.41, 5.74) is 2.62.